The van der Waals surface area contributed by atoms with Gasteiger partial charge in [0.15, 0.2) is 5.82 Å². The molecule has 8 nitrogen and oxygen atoms in total. The second-order valence-corrected chi connectivity index (χ2v) is 10.2. The Hall–Kier alpha value is -1.96. The first-order chi connectivity index (χ1) is 14.6. The van der Waals surface area contributed by atoms with E-state index in [4.69, 9.17) is 4.52 Å². The van der Waals surface area contributed by atoms with Gasteiger partial charge in [0.25, 0.3) is 0 Å². The van der Waals surface area contributed by atoms with E-state index in [1.165, 1.54) is 32.1 Å². The van der Waals surface area contributed by atoms with E-state index in [9.17, 15) is 14.7 Å². The van der Waals surface area contributed by atoms with Crippen molar-refractivity contribution in [2.45, 2.75) is 91.0 Å². The van der Waals surface area contributed by atoms with Crippen LogP contribution in [0, 0.1) is 10.8 Å². The fourth-order valence-electron chi connectivity index (χ4n) is 4.93. The Bertz CT molecular complexity index is 719. The predicted octanol–water partition coefficient (Wildman–Crippen LogP) is 3.97. The summed E-state index contributed by atoms with van der Waals surface area (Å²) >= 11 is 0. The standard InChI is InChI=1S/C23H40N4O4/c1-22(2,3)23(11-7-6-8-12-23)13-9-10-17(14-20(29)30)21-25-18(26-31-21)15-27(5)16-19(28)24-4/h17H,6-16H2,1-5H3,(H,24,28)(H,29,30). The van der Waals surface area contributed by atoms with Crippen LogP contribution in [0.4, 0.5) is 0 Å². The molecular weight excluding hydrogens is 396 g/mol. The average Bonchev–Trinajstić information content (AvgIpc) is 3.14. The average molecular weight is 437 g/mol. The predicted molar refractivity (Wildman–Crippen MR) is 119 cm³/mol. The first-order valence-corrected chi connectivity index (χ1v) is 11.5. The summed E-state index contributed by atoms with van der Waals surface area (Å²) in [5, 5.41) is 16.0. The summed E-state index contributed by atoms with van der Waals surface area (Å²) in [5.74, 6) is -0.381. The molecule has 31 heavy (non-hydrogen) atoms. The van der Waals surface area contributed by atoms with Crippen LogP contribution < -0.4 is 5.32 Å². The van der Waals surface area contributed by atoms with Crippen LogP contribution in [0.2, 0.25) is 0 Å². The number of likely N-dealkylation sites (N-methyl/N-ethyl adjacent to an activating group) is 2. The van der Waals surface area contributed by atoms with Crippen LogP contribution in [0.3, 0.4) is 0 Å². The molecule has 1 saturated carbocycles. The van der Waals surface area contributed by atoms with Crippen LogP contribution in [0.25, 0.3) is 0 Å². The van der Waals surface area contributed by atoms with E-state index in [1.54, 1.807) is 19.0 Å². The van der Waals surface area contributed by atoms with Gasteiger partial charge in [0.05, 0.1) is 19.5 Å². The number of carbonyl (C=O) groups excluding carboxylic acids is 1. The van der Waals surface area contributed by atoms with Gasteiger partial charge in [0.2, 0.25) is 11.8 Å². The van der Waals surface area contributed by atoms with Crippen LogP contribution in [-0.2, 0) is 16.1 Å². The Morgan fingerprint density at radius 3 is 2.52 bits per heavy atom. The van der Waals surface area contributed by atoms with Gasteiger partial charge in [-0.2, -0.15) is 4.98 Å². The minimum absolute atomic E-state index is 0.0156. The maximum atomic E-state index is 11.5. The summed E-state index contributed by atoms with van der Waals surface area (Å²) in [4.78, 5) is 29.2. The molecule has 1 aliphatic rings. The summed E-state index contributed by atoms with van der Waals surface area (Å²) < 4.78 is 5.44. The SMILES string of the molecule is CNC(=O)CN(C)Cc1noc(C(CCCC2(C(C)(C)C)CCCCC2)CC(=O)O)n1. The van der Waals surface area contributed by atoms with Crippen molar-refractivity contribution in [3.8, 4) is 0 Å². The molecule has 1 fully saturated rings. The Labute approximate surface area is 186 Å². The number of carboxylic acid groups (broad SMARTS) is 1. The van der Waals surface area contributed by atoms with Gasteiger partial charge in [-0.25, -0.2) is 0 Å². The van der Waals surface area contributed by atoms with Gasteiger partial charge in [-0.05, 0) is 43.6 Å². The van der Waals surface area contributed by atoms with Crippen molar-refractivity contribution in [3.63, 3.8) is 0 Å². The molecule has 0 saturated heterocycles. The molecule has 176 valence electrons. The van der Waals surface area contributed by atoms with E-state index in [2.05, 4.69) is 36.2 Å². The molecule has 1 aromatic rings. The summed E-state index contributed by atoms with van der Waals surface area (Å²) in [6.45, 7) is 7.61. The van der Waals surface area contributed by atoms with Crippen molar-refractivity contribution in [3.05, 3.63) is 11.7 Å². The number of amides is 1. The Balaban J connectivity index is 2.01. The molecular formula is C23H40N4O4. The smallest absolute Gasteiger partial charge is 0.304 e. The van der Waals surface area contributed by atoms with Gasteiger partial charge in [-0.1, -0.05) is 51.6 Å². The lowest BCUT2D eigenvalue weighted by Crippen LogP contribution is -2.37. The minimum Gasteiger partial charge on any atom is -0.481 e. The zero-order valence-corrected chi connectivity index (χ0v) is 19.9. The molecule has 2 rings (SSSR count). The van der Waals surface area contributed by atoms with E-state index in [0.717, 1.165) is 19.3 Å². The highest BCUT2D eigenvalue weighted by molar-refractivity contribution is 5.77. The monoisotopic (exact) mass is 436 g/mol. The molecule has 2 N–H and O–H groups in total. The molecule has 1 aliphatic carbocycles. The molecule has 1 aromatic heterocycles. The van der Waals surface area contributed by atoms with Crippen LogP contribution >= 0.6 is 0 Å². The van der Waals surface area contributed by atoms with Gasteiger partial charge in [-0.15, -0.1) is 0 Å². The molecule has 0 radical (unpaired) electrons. The lowest BCUT2D eigenvalue weighted by atomic mass is 9.57. The van der Waals surface area contributed by atoms with Crippen molar-refractivity contribution < 1.29 is 19.2 Å². The Morgan fingerprint density at radius 1 is 1.26 bits per heavy atom. The van der Waals surface area contributed by atoms with Gasteiger partial charge in [0.1, 0.15) is 0 Å². The number of hydrogen-bond donors (Lipinski definition) is 2. The fourth-order valence-corrected chi connectivity index (χ4v) is 4.93. The fraction of sp³-hybridized carbons (Fsp3) is 0.826. The number of nitrogens with zero attached hydrogens (tertiary/aromatic N) is 3. The van der Waals surface area contributed by atoms with Crippen molar-refractivity contribution in [1.82, 2.24) is 20.4 Å². The maximum Gasteiger partial charge on any atom is 0.304 e. The number of aliphatic carboxylic acids is 1. The third-order valence-electron chi connectivity index (χ3n) is 6.97. The minimum atomic E-state index is -0.857. The Kier molecular flexibility index (Phi) is 9.03. The van der Waals surface area contributed by atoms with Gasteiger partial charge in [0, 0.05) is 13.0 Å². The molecule has 0 spiro atoms. The molecule has 1 atom stereocenters. The van der Waals surface area contributed by atoms with E-state index >= 15 is 0 Å². The first kappa shape index (κ1) is 25.3. The van der Waals surface area contributed by atoms with Crippen molar-refractivity contribution in [2.24, 2.45) is 10.8 Å². The van der Waals surface area contributed by atoms with E-state index in [1.807, 2.05) is 0 Å². The lowest BCUT2D eigenvalue weighted by Gasteiger charge is -2.48. The molecule has 0 aliphatic heterocycles. The van der Waals surface area contributed by atoms with Crippen LogP contribution in [0.1, 0.15) is 96.2 Å². The van der Waals surface area contributed by atoms with Gasteiger partial charge >= 0.3 is 5.97 Å². The highest BCUT2D eigenvalue weighted by Gasteiger charge is 2.42. The lowest BCUT2D eigenvalue weighted by molar-refractivity contribution is -0.137. The summed E-state index contributed by atoms with van der Waals surface area (Å²) in [6, 6.07) is 0. The summed E-state index contributed by atoms with van der Waals surface area (Å²) in [5.41, 5.74) is 0.560. The number of aromatic nitrogens is 2. The first-order valence-electron chi connectivity index (χ1n) is 11.5. The number of carbonyl (C=O) groups is 2. The van der Waals surface area contributed by atoms with Gasteiger partial charge < -0.3 is 14.9 Å². The van der Waals surface area contributed by atoms with Crippen molar-refractivity contribution in [2.75, 3.05) is 20.6 Å². The third-order valence-corrected chi connectivity index (χ3v) is 6.97. The molecule has 1 unspecified atom stereocenters. The largest absolute Gasteiger partial charge is 0.481 e. The van der Waals surface area contributed by atoms with Crippen LogP contribution in [0.15, 0.2) is 4.52 Å². The topological polar surface area (TPSA) is 109 Å². The van der Waals surface area contributed by atoms with Crippen molar-refractivity contribution in [1.29, 1.82) is 0 Å². The van der Waals surface area contributed by atoms with E-state index in [-0.39, 0.29) is 30.2 Å². The highest BCUT2D eigenvalue weighted by Crippen LogP contribution is 2.53. The molecule has 1 amide bonds. The third kappa shape index (κ3) is 7.30. The number of hydrogen-bond acceptors (Lipinski definition) is 6. The van der Waals surface area contributed by atoms with Crippen molar-refractivity contribution >= 4 is 11.9 Å². The molecule has 1 heterocycles. The summed E-state index contributed by atoms with van der Waals surface area (Å²) in [7, 11) is 3.40. The number of rotatable bonds is 11. The molecule has 0 bridgehead atoms. The quantitative estimate of drug-likeness (QED) is 0.540. The second kappa shape index (κ2) is 11.1. The highest BCUT2D eigenvalue weighted by atomic mass is 16.5. The van der Waals surface area contributed by atoms with Crippen LogP contribution in [-0.4, -0.2) is 52.7 Å². The van der Waals surface area contributed by atoms with Crippen LogP contribution in [0.5, 0.6) is 0 Å². The Morgan fingerprint density at radius 2 is 1.94 bits per heavy atom. The zero-order chi connectivity index (χ0) is 23.1. The maximum absolute atomic E-state index is 11.5. The molecule has 0 aromatic carbocycles. The zero-order valence-electron chi connectivity index (χ0n) is 19.9. The second-order valence-electron chi connectivity index (χ2n) is 10.2. The molecule has 8 heteroatoms. The number of carboxylic acids is 1. The summed E-state index contributed by atoms with van der Waals surface area (Å²) in [6.07, 6.45) is 9.15. The van der Waals surface area contributed by atoms with E-state index < -0.39 is 5.97 Å². The van der Waals surface area contributed by atoms with Gasteiger partial charge in [-0.3, -0.25) is 14.5 Å². The normalized spacial score (nSPS) is 17.5. The number of nitrogens with one attached hydrogen (secondary N) is 1. The van der Waals surface area contributed by atoms with E-state index in [0.29, 0.717) is 23.7 Å².